The normalized spacial score (nSPS) is 25.2. The summed E-state index contributed by atoms with van der Waals surface area (Å²) in [5, 5.41) is 4.84. The minimum Gasteiger partial charge on any atom is -0.218 e. The second-order valence-corrected chi connectivity index (χ2v) is 24.1. The lowest BCUT2D eigenvalue weighted by molar-refractivity contribution is -0.757. The van der Waals surface area contributed by atoms with E-state index in [-0.39, 0.29) is 11.0 Å². The number of thiophene rings is 1. The monoisotopic (exact) mass is 555 g/mol. The van der Waals surface area contributed by atoms with Crippen LogP contribution in [0.25, 0.3) is 31.6 Å². The zero-order chi connectivity index (χ0) is 27.4. The standard InChI is InChI=1S/C33H43N2SSi2/c1-11-32(6)26-22(5)18-21(4)19-24(26)28-30-27(34-20-35(28)33(32,12-2)13-3)23-14-15-25-31(29(23)36-30)38(9,10)17-16-37(25,7)8/h12,14-15,18-20H,2,11,13,16-17H2,1,3-10H3/q+1. The molecule has 0 spiro atoms. The Morgan fingerprint density at radius 2 is 1.74 bits per heavy atom. The lowest BCUT2D eigenvalue weighted by Gasteiger charge is -2.49. The molecule has 0 aliphatic carbocycles. The fraction of sp³-hybridized carbons (Fsp3) is 0.455. The van der Waals surface area contributed by atoms with Gasteiger partial charge in [-0.3, -0.25) is 0 Å². The molecule has 0 saturated heterocycles. The van der Waals surface area contributed by atoms with E-state index in [0.717, 1.165) is 12.8 Å². The van der Waals surface area contributed by atoms with Crippen LogP contribution in [0.5, 0.6) is 0 Å². The minimum atomic E-state index is -1.53. The molecule has 198 valence electrons. The Morgan fingerprint density at radius 3 is 2.39 bits per heavy atom. The van der Waals surface area contributed by atoms with Crippen LogP contribution < -0.4 is 14.9 Å². The summed E-state index contributed by atoms with van der Waals surface area (Å²) in [5.74, 6) is 0. The third kappa shape index (κ3) is 3.10. The summed E-state index contributed by atoms with van der Waals surface area (Å²) in [4.78, 5) is 5.28. The van der Waals surface area contributed by atoms with Gasteiger partial charge in [0.05, 0.1) is 16.1 Å². The van der Waals surface area contributed by atoms with E-state index in [2.05, 4.69) is 109 Å². The molecule has 2 nitrogen and oxygen atoms in total. The van der Waals surface area contributed by atoms with Gasteiger partial charge in [-0.2, -0.15) is 0 Å². The molecule has 0 N–H and O–H groups in total. The number of rotatable bonds is 3. The van der Waals surface area contributed by atoms with Crippen LogP contribution in [0.4, 0.5) is 0 Å². The molecule has 4 aromatic rings. The number of nitrogens with zero attached hydrogens (tertiary/aromatic N) is 2. The van der Waals surface area contributed by atoms with Gasteiger partial charge in [0.15, 0.2) is 5.69 Å². The lowest BCUT2D eigenvalue weighted by Crippen LogP contribution is -2.68. The fourth-order valence-corrected chi connectivity index (χ4v) is 21.1. The van der Waals surface area contributed by atoms with Crippen molar-refractivity contribution in [2.45, 2.75) is 96.7 Å². The molecule has 0 amide bonds. The third-order valence-corrected chi connectivity index (χ3v) is 19.5. The molecule has 38 heavy (non-hydrogen) atoms. The highest BCUT2D eigenvalue weighted by Gasteiger charge is 2.56. The highest BCUT2D eigenvalue weighted by molar-refractivity contribution is 7.28. The summed E-state index contributed by atoms with van der Waals surface area (Å²) in [5.41, 5.74) is 7.88. The van der Waals surface area contributed by atoms with Crippen LogP contribution in [-0.4, -0.2) is 21.1 Å². The average Bonchev–Trinajstić information content (AvgIpc) is 3.25. The molecule has 0 radical (unpaired) electrons. The SMILES string of the molecule is C=CC1(CC)[n+]2cnc3c(sc4c5c(ccc43)[Si](C)(C)CC[Si]5(C)C)c2-c2cc(C)cc(C)c2C1(C)CC. The molecule has 2 aliphatic rings. The summed E-state index contributed by atoms with van der Waals surface area (Å²) < 4.78 is 5.41. The van der Waals surface area contributed by atoms with E-state index in [1.807, 2.05) is 11.3 Å². The molecule has 2 aliphatic heterocycles. The van der Waals surface area contributed by atoms with Gasteiger partial charge in [-0.1, -0.05) is 88.5 Å². The first kappa shape index (κ1) is 26.2. The summed E-state index contributed by atoms with van der Waals surface area (Å²) in [6.45, 7) is 26.5. The highest BCUT2D eigenvalue weighted by Crippen LogP contribution is 2.53. The van der Waals surface area contributed by atoms with Crippen molar-refractivity contribution < 1.29 is 4.57 Å². The number of allylic oxidation sites excluding steroid dienone is 1. The molecular formula is C33H43N2SSi2+. The maximum atomic E-state index is 5.28. The zero-order valence-corrected chi connectivity index (χ0v) is 27.6. The van der Waals surface area contributed by atoms with Crippen molar-refractivity contribution >= 4 is 58.2 Å². The number of fused-ring (bicyclic) bond motifs is 9. The number of aryl methyl sites for hydroxylation is 2. The first-order valence-corrected chi connectivity index (χ1v) is 21.7. The molecule has 6 rings (SSSR count). The second-order valence-electron chi connectivity index (χ2n) is 13.5. The van der Waals surface area contributed by atoms with E-state index in [0.29, 0.717) is 0 Å². The number of benzene rings is 2. The van der Waals surface area contributed by atoms with Crippen molar-refractivity contribution in [1.29, 1.82) is 0 Å². The Kier molecular flexibility index (Phi) is 5.65. The predicted octanol–water partition coefficient (Wildman–Crippen LogP) is 7.84. The van der Waals surface area contributed by atoms with Crippen LogP contribution in [0.3, 0.4) is 0 Å². The van der Waals surface area contributed by atoms with Crippen molar-refractivity contribution in [1.82, 2.24) is 4.98 Å². The van der Waals surface area contributed by atoms with Crippen LogP contribution in [-0.2, 0) is 11.0 Å². The van der Waals surface area contributed by atoms with E-state index >= 15 is 0 Å². The van der Waals surface area contributed by atoms with Gasteiger partial charge in [0.2, 0.25) is 5.52 Å². The van der Waals surface area contributed by atoms with Gasteiger partial charge in [0.1, 0.15) is 10.2 Å². The number of hydrogen-bond donors (Lipinski definition) is 0. The maximum Gasteiger partial charge on any atom is 0.288 e. The Hall–Kier alpha value is -2.09. The molecule has 2 atom stereocenters. The number of aromatic nitrogens is 2. The van der Waals surface area contributed by atoms with Gasteiger partial charge >= 0.3 is 0 Å². The van der Waals surface area contributed by atoms with E-state index in [1.165, 1.54) is 60.3 Å². The van der Waals surface area contributed by atoms with Gasteiger partial charge in [-0.05, 0) is 66.2 Å². The van der Waals surface area contributed by atoms with Crippen molar-refractivity contribution in [3.8, 4) is 11.3 Å². The largest absolute Gasteiger partial charge is 0.288 e. The van der Waals surface area contributed by atoms with Crippen LogP contribution >= 0.6 is 11.3 Å². The summed E-state index contributed by atoms with van der Waals surface area (Å²) >= 11 is 2.04. The predicted molar refractivity (Wildman–Crippen MR) is 172 cm³/mol. The average molecular weight is 556 g/mol. The molecule has 4 heterocycles. The van der Waals surface area contributed by atoms with E-state index in [1.54, 1.807) is 10.4 Å². The minimum absolute atomic E-state index is 0.0655. The van der Waals surface area contributed by atoms with Crippen molar-refractivity contribution in [2.75, 3.05) is 0 Å². The first-order valence-electron chi connectivity index (χ1n) is 14.4. The molecule has 2 aromatic carbocycles. The Morgan fingerprint density at radius 1 is 1.03 bits per heavy atom. The molecule has 5 heteroatoms. The Labute approximate surface area is 234 Å². The fourth-order valence-electron chi connectivity index (χ4n) is 8.27. The van der Waals surface area contributed by atoms with Gasteiger partial charge in [0.25, 0.3) is 6.33 Å². The quantitative estimate of drug-likeness (QED) is 0.143. The smallest absolute Gasteiger partial charge is 0.218 e. The van der Waals surface area contributed by atoms with Crippen molar-refractivity contribution in [3.63, 3.8) is 0 Å². The van der Waals surface area contributed by atoms with Crippen molar-refractivity contribution in [3.05, 3.63) is 59.9 Å². The van der Waals surface area contributed by atoms with Gasteiger partial charge < -0.3 is 0 Å². The summed E-state index contributed by atoms with van der Waals surface area (Å²) in [7, 11) is -2.95. The summed E-state index contributed by atoms with van der Waals surface area (Å²) in [6.07, 6.45) is 6.42. The van der Waals surface area contributed by atoms with E-state index < -0.39 is 16.1 Å². The van der Waals surface area contributed by atoms with E-state index in [4.69, 9.17) is 4.98 Å². The number of hydrogen-bond acceptors (Lipinski definition) is 2. The Bertz CT molecular complexity index is 1660. The van der Waals surface area contributed by atoms with E-state index in [9.17, 15) is 0 Å². The lowest BCUT2D eigenvalue weighted by atomic mass is 9.59. The Balaban J connectivity index is 1.82. The van der Waals surface area contributed by atoms with Gasteiger partial charge in [-0.25, -0.2) is 4.57 Å². The first-order chi connectivity index (χ1) is 17.9. The van der Waals surface area contributed by atoms with Crippen LogP contribution in [0, 0.1) is 13.8 Å². The zero-order valence-electron chi connectivity index (χ0n) is 24.8. The molecular weight excluding hydrogens is 513 g/mol. The highest BCUT2D eigenvalue weighted by atomic mass is 32.1. The molecule has 0 bridgehead atoms. The van der Waals surface area contributed by atoms with Crippen molar-refractivity contribution in [2.24, 2.45) is 0 Å². The molecule has 0 fully saturated rings. The molecule has 2 aromatic heterocycles. The summed E-state index contributed by atoms with van der Waals surface area (Å²) in [6, 6.07) is 12.6. The van der Waals surface area contributed by atoms with Crippen LogP contribution in [0.1, 0.15) is 50.3 Å². The van der Waals surface area contributed by atoms with Crippen LogP contribution in [0.15, 0.2) is 43.2 Å². The maximum absolute atomic E-state index is 5.28. The topological polar surface area (TPSA) is 16.8 Å². The van der Waals surface area contributed by atoms with Gasteiger partial charge in [0, 0.05) is 21.1 Å². The van der Waals surface area contributed by atoms with Crippen LogP contribution in [0.2, 0.25) is 38.3 Å². The molecule has 0 saturated carbocycles. The molecule has 2 unspecified atom stereocenters. The van der Waals surface area contributed by atoms with Gasteiger partial charge in [-0.15, -0.1) is 11.3 Å². The second kappa shape index (κ2) is 8.22. The third-order valence-electron chi connectivity index (χ3n) is 10.6.